The molecule has 3 rings (SSSR count). The Labute approximate surface area is 128 Å². The van der Waals surface area contributed by atoms with Gasteiger partial charge in [0.1, 0.15) is 6.61 Å². The molecule has 3 atom stereocenters. The highest BCUT2D eigenvalue weighted by molar-refractivity contribution is 5.82. The Morgan fingerprint density at radius 1 is 1.27 bits per heavy atom. The van der Waals surface area contributed by atoms with Crippen molar-refractivity contribution in [2.75, 3.05) is 19.7 Å². The largest absolute Gasteiger partial charge is 0.485 e. The fraction of sp³-hybridized carbons (Fsp3) is 0.500. The number of amides is 1. The smallest absolute Gasteiger partial charge is 0.306 e. The number of hydrogen-bond acceptors (Lipinski definition) is 4. The molecule has 1 aromatic rings. The number of piperidine rings is 1. The number of benzene rings is 1. The summed E-state index contributed by atoms with van der Waals surface area (Å²) in [6.45, 7) is 2.94. The van der Waals surface area contributed by atoms with Crippen LogP contribution < -0.4 is 9.47 Å². The number of aliphatic carboxylic acids is 1. The molecule has 2 heterocycles. The van der Waals surface area contributed by atoms with Crippen molar-refractivity contribution in [2.24, 2.45) is 11.8 Å². The molecule has 22 heavy (non-hydrogen) atoms. The van der Waals surface area contributed by atoms with Gasteiger partial charge in [-0.3, -0.25) is 9.59 Å². The lowest BCUT2D eigenvalue weighted by Crippen LogP contribution is -2.51. The zero-order chi connectivity index (χ0) is 15.7. The van der Waals surface area contributed by atoms with Gasteiger partial charge in [0.25, 0.3) is 5.91 Å². The summed E-state index contributed by atoms with van der Waals surface area (Å²) in [6.07, 6.45) is -0.185. The second kappa shape index (κ2) is 5.87. The van der Waals surface area contributed by atoms with Crippen molar-refractivity contribution in [3.63, 3.8) is 0 Å². The maximum atomic E-state index is 12.6. The number of carbonyl (C=O) groups is 2. The minimum Gasteiger partial charge on any atom is -0.485 e. The highest BCUT2D eigenvalue weighted by atomic mass is 16.6. The molecule has 6 nitrogen and oxygen atoms in total. The van der Waals surface area contributed by atoms with Crippen molar-refractivity contribution >= 4 is 11.9 Å². The van der Waals surface area contributed by atoms with Crippen LogP contribution in [-0.2, 0) is 9.59 Å². The van der Waals surface area contributed by atoms with E-state index in [1.165, 1.54) is 0 Å². The molecule has 1 amide bonds. The van der Waals surface area contributed by atoms with Gasteiger partial charge in [0.05, 0.1) is 5.92 Å². The highest BCUT2D eigenvalue weighted by Gasteiger charge is 2.37. The minimum atomic E-state index is -0.786. The molecule has 3 unspecified atom stereocenters. The normalized spacial score (nSPS) is 27.3. The number of carbonyl (C=O) groups excluding carboxylic acids is 1. The van der Waals surface area contributed by atoms with Crippen molar-refractivity contribution < 1.29 is 24.2 Å². The lowest BCUT2D eigenvalue weighted by atomic mass is 9.87. The molecule has 2 aliphatic heterocycles. The zero-order valence-corrected chi connectivity index (χ0v) is 12.4. The molecule has 1 fully saturated rings. The molecule has 1 N–H and O–H groups in total. The SMILES string of the molecule is CC1CN(C(=O)C2COc3ccccc3O2)CCC1C(=O)O. The van der Waals surface area contributed by atoms with Gasteiger partial charge in [-0.05, 0) is 24.5 Å². The number of carboxylic acids is 1. The Morgan fingerprint density at radius 2 is 2.00 bits per heavy atom. The highest BCUT2D eigenvalue weighted by Crippen LogP contribution is 2.32. The molecule has 0 bridgehead atoms. The Balaban J connectivity index is 1.65. The monoisotopic (exact) mass is 305 g/mol. The average molecular weight is 305 g/mol. The van der Waals surface area contributed by atoms with Gasteiger partial charge >= 0.3 is 5.97 Å². The van der Waals surface area contributed by atoms with Crippen molar-refractivity contribution in [3.05, 3.63) is 24.3 Å². The maximum Gasteiger partial charge on any atom is 0.306 e. The van der Waals surface area contributed by atoms with Crippen LogP contribution in [0.4, 0.5) is 0 Å². The number of para-hydroxylation sites is 2. The Hall–Kier alpha value is -2.24. The molecule has 0 radical (unpaired) electrons. The Kier molecular flexibility index (Phi) is 3.92. The molecule has 0 aliphatic carbocycles. The van der Waals surface area contributed by atoms with Crippen LogP contribution in [-0.4, -0.2) is 47.7 Å². The fourth-order valence-electron chi connectivity index (χ4n) is 3.06. The molecule has 1 saturated heterocycles. The predicted molar refractivity (Wildman–Crippen MR) is 77.8 cm³/mol. The molecule has 2 aliphatic rings. The third-order valence-electron chi connectivity index (χ3n) is 4.32. The van der Waals surface area contributed by atoms with Crippen LogP contribution in [0.15, 0.2) is 24.3 Å². The van der Waals surface area contributed by atoms with Gasteiger partial charge in [-0.1, -0.05) is 19.1 Å². The molecular weight excluding hydrogens is 286 g/mol. The van der Waals surface area contributed by atoms with Gasteiger partial charge in [0.15, 0.2) is 11.5 Å². The number of nitrogens with zero attached hydrogens (tertiary/aromatic N) is 1. The van der Waals surface area contributed by atoms with Gasteiger partial charge in [-0.2, -0.15) is 0 Å². The summed E-state index contributed by atoms with van der Waals surface area (Å²) in [5.74, 6) is -0.152. The molecule has 0 spiro atoms. The van der Waals surface area contributed by atoms with Gasteiger partial charge in [0, 0.05) is 13.1 Å². The van der Waals surface area contributed by atoms with Crippen LogP contribution >= 0.6 is 0 Å². The Morgan fingerprint density at radius 3 is 2.68 bits per heavy atom. The summed E-state index contributed by atoms with van der Waals surface area (Å²) < 4.78 is 11.3. The first-order valence-corrected chi connectivity index (χ1v) is 7.46. The number of ether oxygens (including phenoxy) is 2. The van der Waals surface area contributed by atoms with Crippen LogP contribution in [0.25, 0.3) is 0 Å². The number of carboxylic acid groups (broad SMARTS) is 1. The summed E-state index contributed by atoms with van der Waals surface area (Å²) in [6, 6.07) is 7.25. The van der Waals surface area contributed by atoms with Crippen LogP contribution in [0.5, 0.6) is 11.5 Å². The first kappa shape index (κ1) is 14.7. The van der Waals surface area contributed by atoms with Crippen molar-refractivity contribution in [1.82, 2.24) is 4.90 Å². The van der Waals surface area contributed by atoms with Crippen LogP contribution in [0, 0.1) is 11.8 Å². The summed E-state index contributed by atoms with van der Waals surface area (Å²) in [4.78, 5) is 25.4. The quantitative estimate of drug-likeness (QED) is 0.893. The Bertz CT molecular complexity index is 588. The zero-order valence-electron chi connectivity index (χ0n) is 12.4. The second-order valence-corrected chi connectivity index (χ2v) is 5.86. The van der Waals surface area contributed by atoms with E-state index in [-0.39, 0.29) is 24.3 Å². The summed E-state index contributed by atoms with van der Waals surface area (Å²) in [5.41, 5.74) is 0. The van der Waals surface area contributed by atoms with Crippen molar-refractivity contribution in [3.8, 4) is 11.5 Å². The predicted octanol–water partition coefficient (Wildman–Crippen LogP) is 1.40. The molecule has 0 saturated carbocycles. The van der Waals surface area contributed by atoms with Crippen LogP contribution in [0.1, 0.15) is 13.3 Å². The summed E-state index contributed by atoms with van der Waals surface area (Å²) >= 11 is 0. The van der Waals surface area contributed by atoms with E-state index in [4.69, 9.17) is 14.6 Å². The third kappa shape index (κ3) is 2.73. The topological polar surface area (TPSA) is 76.1 Å². The van der Waals surface area contributed by atoms with E-state index in [0.29, 0.717) is 31.0 Å². The lowest BCUT2D eigenvalue weighted by molar-refractivity contribution is -0.151. The van der Waals surface area contributed by atoms with Crippen molar-refractivity contribution in [2.45, 2.75) is 19.4 Å². The third-order valence-corrected chi connectivity index (χ3v) is 4.32. The fourth-order valence-corrected chi connectivity index (χ4v) is 3.06. The van der Waals surface area contributed by atoms with Crippen LogP contribution in [0.3, 0.4) is 0 Å². The van der Waals surface area contributed by atoms with Crippen molar-refractivity contribution in [1.29, 1.82) is 0 Å². The van der Waals surface area contributed by atoms with Gasteiger partial charge in [0.2, 0.25) is 6.10 Å². The molecule has 6 heteroatoms. The molecule has 1 aromatic carbocycles. The van der Waals surface area contributed by atoms with Crippen LogP contribution in [0.2, 0.25) is 0 Å². The molecule has 0 aromatic heterocycles. The maximum absolute atomic E-state index is 12.6. The number of rotatable bonds is 2. The molecular formula is C16H19NO5. The summed E-state index contributed by atoms with van der Waals surface area (Å²) in [5, 5.41) is 9.14. The summed E-state index contributed by atoms with van der Waals surface area (Å²) in [7, 11) is 0. The lowest BCUT2D eigenvalue weighted by Gasteiger charge is -2.37. The first-order valence-electron chi connectivity index (χ1n) is 7.46. The van der Waals surface area contributed by atoms with E-state index in [0.717, 1.165) is 0 Å². The molecule has 118 valence electrons. The van der Waals surface area contributed by atoms with E-state index in [9.17, 15) is 9.59 Å². The van der Waals surface area contributed by atoms with E-state index >= 15 is 0 Å². The van der Waals surface area contributed by atoms with E-state index in [1.807, 2.05) is 19.1 Å². The van der Waals surface area contributed by atoms with Gasteiger partial charge in [-0.15, -0.1) is 0 Å². The number of fused-ring (bicyclic) bond motifs is 1. The van der Waals surface area contributed by atoms with Gasteiger partial charge in [-0.25, -0.2) is 0 Å². The number of hydrogen-bond donors (Lipinski definition) is 1. The number of likely N-dealkylation sites (tertiary alicyclic amines) is 1. The van der Waals surface area contributed by atoms with E-state index < -0.39 is 12.1 Å². The van der Waals surface area contributed by atoms with E-state index in [2.05, 4.69) is 0 Å². The van der Waals surface area contributed by atoms with Gasteiger partial charge < -0.3 is 19.5 Å². The standard InChI is InChI=1S/C16H19NO5/c1-10-8-17(7-6-11(10)16(19)20)15(18)14-9-21-12-4-2-3-5-13(12)22-14/h2-5,10-11,14H,6-9H2,1H3,(H,19,20). The average Bonchev–Trinajstić information content (AvgIpc) is 2.53. The first-order chi connectivity index (χ1) is 10.6. The second-order valence-electron chi connectivity index (χ2n) is 5.86. The minimum absolute atomic E-state index is 0.0630. The van der Waals surface area contributed by atoms with E-state index in [1.54, 1.807) is 17.0 Å².